The summed E-state index contributed by atoms with van der Waals surface area (Å²) in [5.41, 5.74) is 1.64. The van der Waals surface area contributed by atoms with Crippen molar-refractivity contribution in [1.29, 1.82) is 0 Å². The molecule has 13 heavy (non-hydrogen) atoms. The maximum Gasteiger partial charge on any atom is 0.306 e. The van der Waals surface area contributed by atoms with Crippen LogP contribution in [0, 0.1) is 0 Å². The number of nitrogens with one attached hydrogen (secondary N) is 1. The Balaban J connectivity index is 2.59. The minimum Gasteiger partial charge on any atom is -0.311 e. The number of hydrogen-bond acceptors (Lipinski definition) is 2. The van der Waals surface area contributed by atoms with E-state index < -0.39 is 0 Å². The van der Waals surface area contributed by atoms with Gasteiger partial charge in [0.25, 0.3) is 0 Å². The van der Waals surface area contributed by atoms with Gasteiger partial charge >= 0.3 is 4.87 Å². The van der Waals surface area contributed by atoms with E-state index in [2.05, 4.69) is 4.98 Å². The van der Waals surface area contributed by atoms with Gasteiger partial charge in [0.15, 0.2) is 0 Å². The number of thiazole rings is 1. The third kappa shape index (κ3) is 1.66. The Morgan fingerprint density at radius 1 is 1.23 bits per heavy atom. The predicted octanol–water partition coefficient (Wildman–Crippen LogP) is 2.76. The highest BCUT2D eigenvalue weighted by Gasteiger charge is 2.06. The van der Waals surface area contributed by atoms with E-state index in [0.717, 1.165) is 16.9 Å². The number of hydrogen-bond donors (Lipinski definition) is 1. The molecule has 1 aromatic heterocycles. The minimum atomic E-state index is -0.121. The molecule has 2 aromatic rings. The summed E-state index contributed by atoms with van der Waals surface area (Å²) in [6.07, 6.45) is 0. The van der Waals surface area contributed by atoms with E-state index in [0.29, 0.717) is 10.0 Å². The van der Waals surface area contributed by atoms with Crippen molar-refractivity contribution >= 4 is 22.9 Å². The lowest BCUT2D eigenvalue weighted by Crippen LogP contribution is -1.91. The van der Waals surface area contributed by atoms with Crippen molar-refractivity contribution in [3.05, 3.63) is 44.3 Å². The van der Waals surface area contributed by atoms with Crippen LogP contribution in [0.1, 0.15) is 0 Å². The molecule has 0 amide bonds. The van der Waals surface area contributed by atoms with Crippen LogP contribution < -0.4 is 4.87 Å². The zero-order chi connectivity index (χ0) is 9.26. The summed E-state index contributed by atoms with van der Waals surface area (Å²) in [5.74, 6) is 0. The summed E-state index contributed by atoms with van der Waals surface area (Å²) in [6.45, 7) is 0. The molecular weight excluding hydrogens is 206 g/mol. The van der Waals surface area contributed by atoms with Crippen LogP contribution in [0.25, 0.3) is 11.3 Å². The fraction of sp³-hybridized carbons (Fsp3) is 0. The highest BCUT2D eigenvalue weighted by Crippen LogP contribution is 2.26. The first-order valence-corrected chi connectivity index (χ1v) is 4.91. The molecule has 1 aromatic carbocycles. The summed E-state index contributed by atoms with van der Waals surface area (Å²) in [6, 6.07) is 9.54. The first-order valence-electron chi connectivity index (χ1n) is 3.71. The molecule has 1 N–H and O–H groups in total. The van der Waals surface area contributed by atoms with Crippen molar-refractivity contribution < 1.29 is 0 Å². The normalized spacial score (nSPS) is 10.2. The first kappa shape index (κ1) is 8.53. The summed E-state index contributed by atoms with van der Waals surface area (Å²) >= 11 is 6.89. The van der Waals surface area contributed by atoms with E-state index in [9.17, 15) is 4.79 Å². The summed E-state index contributed by atoms with van der Waals surface area (Å²) in [4.78, 5) is 13.5. The van der Waals surface area contributed by atoms with Gasteiger partial charge in [-0.3, -0.25) is 4.79 Å². The molecule has 0 unspecified atom stereocenters. The van der Waals surface area contributed by atoms with Gasteiger partial charge in [-0.15, -0.1) is 0 Å². The Bertz CT molecular complexity index is 460. The molecule has 2 nitrogen and oxygen atoms in total. The monoisotopic (exact) mass is 211 g/mol. The lowest BCUT2D eigenvalue weighted by molar-refractivity contribution is 1.34. The molecule has 0 bridgehead atoms. The van der Waals surface area contributed by atoms with Crippen molar-refractivity contribution in [2.45, 2.75) is 0 Å². The van der Waals surface area contributed by atoms with Crippen LogP contribution in [0.4, 0.5) is 0 Å². The van der Waals surface area contributed by atoms with E-state index in [-0.39, 0.29) is 4.87 Å². The predicted molar refractivity (Wildman–Crippen MR) is 55.4 cm³/mol. The fourth-order valence-corrected chi connectivity index (χ4v) is 2.05. The molecule has 0 atom stereocenters. The quantitative estimate of drug-likeness (QED) is 0.773. The second kappa shape index (κ2) is 3.36. The maximum atomic E-state index is 11.0. The van der Waals surface area contributed by atoms with Gasteiger partial charge < -0.3 is 4.98 Å². The summed E-state index contributed by atoms with van der Waals surface area (Å²) in [5, 5.41) is 0. The largest absolute Gasteiger partial charge is 0.311 e. The van der Waals surface area contributed by atoms with Crippen molar-refractivity contribution in [2.24, 2.45) is 0 Å². The van der Waals surface area contributed by atoms with Crippen molar-refractivity contribution in [2.75, 3.05) is 0 Å². The smallest absolute Gasteiger partial charge is 0.306 e. The van der Waals surface area contributed by atoms with Crippen molar-refractivity contribution in [3.8, 4) is 11.3 Å². The van der Waals surface area contributed by atoms with E-state index in [1.54, 1.807) is 0 Å². The third-order valence-electron chi connectivity index (χ3n) is 1.67. The molecule has 66 valence electrons. The van der Waals surface area contributed by atoms with Gasteiger partial charge in [-0.2, -0.15) is 0 Å². The Morgan fingerprint density at radius 3 is 2.46 bits per heavy atom. The number of H-pyrrole nitrogens is 1. The molecule has 0 aliphatic rings. The number of aromatic amines is 1. The fourth-order valence-electron chi connectivity index (χ4n) is 1.10. The Morgan fingerprint density at radius 2 is 1.92 bits per heavy atom. The lowest BCUT2D eigenvalue weighted by Gasteiger charge is -1.95. The minimum absolute atomic E-state index is 0.121. The molecule has 0 aliphatic carbocycles. The first-order chi connectivity index (χ1) is 6.27. The van der Waals surface area contributed by atoms with Crippen LogP contribution in [0.15, 0.2) is 35.1 Å². The van der Waals surface area contributed by atoms with E-state index in [4.69, 9.17) is 11.6 Å². The average molecular weight is 212 g/mol. The van der Waals surface area contributed by atoms with Gasteiger partial charge in [0, 0.05) is 5.56 Å². The molecule has 0 aliphatic heterocycles. The highest BCUT2D eigenvalue weighted by atomic mass is 35.5. The molecule has 2 rings (SSSR count). The number of benzene rings is 1. The Hall–Kier alpha value is -1.06. The van der Waals surface area contributed by atoms with Crippen molar-refractivity contribution in [1.82, 2.24) is 4.98 Å². The molecular formula is C9H6ClNOS. The van der Waals surface area contributed by atoms with Crippen LogP contribution in [0.2, 0.25) is 4.34 Å². The highest BCUT2D eigenvalue weighted by molar-refractivity contribution is 7.14. The molecule has 0 saturated heterocycles. The van der Waals surface area contributed by atoms with Crippen LogP contribution in [0.5, 0.6) is 0 Å². The molecule has 0 spiro atoms. The zero-order valence-corrected chi connectivity index (χ0v) is 8.15. The van der Waals surface area contributed by atoms with Gasteiger partial charge in [0.2, 0.25) is 0 Å². The van der Waals surface area contributed by atoms with Crippen LogP contribution in [-0.4, -0.2) is 4.98 Å². The van der Waals surface area contributed by atoms with E-state index >= 15 is 0 Å². The van der Waals surface area contributed by atoms with E-state index in [1.165, 1.54) is 0 Å². The Labute approximate surface area is 83.8 Å². The SMILES string of the molecule is O=c1[nH]c(-c2ccccc2)c(Cl)s1. The average Bonchev–Trinajstić information content (AvgIpc) is 2.47. The molecule has 0 saturated carbocycles. The molecule has 1 heterocycles. The zero-order valence-electron chi connectivity index (χ0n) is 6.58. The number of halogens is 1. The lowest BCUT2D eigenvalue weighted by atomic mass is 10.2. The Kier molecular flexibility index (Phi) is 2.20. The molecule has 0 fully saturated rings. The second-order valence-corrected chi connectivity index (χ2v) is 4.11. The van der Waals surface area contributed by atoms with Crippen LogP contribution in [0.3, 0.4) is 0 Å². The standard InChI is InChI=1S/C9H6ClNOS/c10-8-7(11-9(12)13-8)6-4-2-1-3-5-6/h1-5H,(H,11,12). The maximum absolute atomic E-state index is 11.0. The number of aromatic nitrogens is 1. The van der Waals surface area contributed by atoms with Gasteiger partial charge in [-0.25, -0.2) is 0 Å². The van der Waals surface area contributed by atoms with Crippen LogP contribution in [-0.2, 0) is 0 Å². The summed E-state index contributed by atoms with van der Waals surface area (Å²) < 4.78 is 0.510. The number of rotatable bonds is 1. The second-order valence-electron chi connectivity index (χ2n) is 2.53. The third-order valence-corrected chi connectivity index (χ3v) is 2.76. The van der Waals surface area contributed by atoms with Gasteiger partial charge in [-0.05, 0) is 0 Å². The molecule has 4 heteroatoms. The summed E-state index contributed by atoms with van der Waals surface area (Å²) in [7, 11) is 0. The topological polar surface area (TPSA) is 32.9 Å². The van der Waals surface area contributed by atoms with E-state index in [1.807, 2.05) is 30.3 Å². The molecule has 0 radical (unpaired) electrons. The van der Waals surface area contributed by atoms with Crippen molar-refractivity contribution in [3.63, 3.8) is 0 Å². The van der Waals surface area contributed by atoms with Gasteiger partial charge in [0.05, 0.1) is 5.69 Å². The van der Waals surface area contributed by atoms with Gasteiger partial charge in [0.1, 0.15) is 4.34 Å². The van der Waals surface area contributed by atoms with Crippen LogP contribution >= 0.6 is 22.9 Å². The van der Waals surface area contributed by atoms with Gasteiger partial charge in [-0.1, -0.05) is 53.3 Å².